The molecule has 1 aliphatic carbocycles. The fourth-order valence-electron chi connectivity index (χ4n) is 4.32. The van der Waals surface area contributed by atoms with Crippen LogP contribution in [0.15, 0.2) is 52.1 Å². The second kappa shape index (κ2) is 7.18. The van der Waals surface area contributed by atoms with E-state index in [1.165, 1.54) is 0 Å². The van der Waals surface area contributed by atoms with Crippen molar-refractivity contribution < 1.29 is 4.79 Å². The van der Waals surface area contributed by atoms with Crippen LogP contribution < -0.4 is 16.6 Å². The van der Waals surface area contributed by atoms with Crippen LogP contribution in [-0.2, 0) is 17.8 Å². The molecule has 2 heterocycles. The monoisotopic (exact) mass is 422 g/mol. The maximum atomic E-state index is 12.7. The molecule has 1 unspecified atom stereocenters. The summed E-state index contributed by atoms with van der Waals surface area (Å²) in [5.74, 6) is -0.388. The van der Waals surface area contributed by atoms with Gasteiger partial charge >= 0.3 is 5.69 Å². The molecule has 7 nitrogen and oxygen atoms in total. The van der Waals surface area contributed by atoms with Crippen molar-refractivity contribution >= 4 is 39.3 Å². The van der Waals surface area contributed by atoms with E-state index in [9.17, 15) is 14.4 Å². The molecule has 2 aromatic heterocycles. The van der Waals surface area contributed by atoms with E-state index in [4.69, 9.17) is 11.6 Å². The zero-order chi connectivity index (χ0) is 20.8. The lowest BCUT2D eigenvalue weighted by atomic mass is 9.91. The maximum Gasteiger partial charge on any atom is 0.329 e. The van der Waals surface area contributed by atoms with E-state index in [-0.39, 0.29) is 18.5 Å². The zero-order valence-corrected chi connectivity index (χ0v) is 16.8. The summed E-state index contributed by atoms with van der Waals surface area (Å²) in [7, 11) is 0. The van der Waals surface area contributed by atoms with Crippen molar-refractivity contribution in [3.8, 4) is 0 Å². The third kappa shape index (κ3) is 3.02. The van der Waals surface area contributed by atoms with Crippen LogP contribution >= 0.6 is 11.6 Å². The summed E-state index contributed by atoms with van der Waals surface area (Å²) in [5, 5.41) is 5.06. The van der Waals surface area contributed by atoms with Crippen molar-refractivity contribution in [1.29, 1.82) is 0 Å². The SMILES string of the molecule is O=C(Cn1c(=O)[nH]c2ccccc2c1=O)NC1CCCc2c1[nH]c1c(Cl)cccc21. The predicted molar refractivity (Wildman–Crippen MR) is 116 cm³/mol. The molecule has 1 aliphatic rings. The van der Waals surface area contributed by atoms with Gasteiger partial charge < -0.3 is 15.3 Å². The number of aromatic nitrogens is 3. The third-order valence-electron chi connectivity index (χ3n) is 5.72. The highest BCUT2D eigenvalue weighted by Crippen LogP contribution is 2.36. The van der Waals surface area contributed by atoms with E-state index in [1.54, 1.807) is 24.3 Å². The van der Waals surface area contributed by atoms with Crippen molar-refractivity contribution in [2.45, 2.75) is 31.8 Å². The fraction of sp³-hybridized carbons (Fsp3) is 0.227. The Balaban J connectivity index is 1.45. The average molecular weight is 423 g/mol. The number of para-hydroxylation sites is 2. The third-order valence-corrected chi connectivity index (χ3v) is 6.03. The van der Waals surface area contributed by atoms with E-state index in [1.807, 2.05) is 18.2 Å². The summed E-state index contributed by atoms with van der Waals surface area (Å²) >= 11 is 6.33. The van der Waals surface area contributed by atoms with Gasteiger partial charge in [-0.05, 0) is 43.0 Å². The first-order chi connectivity index (χ1) is 14.5. The molecule has 0 bridgehead atoms. The number of nitrogens with zero attached hydrogens (tertiary/aromatic N) is 1. The highest BCUT2D eigenvalue weighted by atomic mass is 35.5. The number of hydrogen-bond donors (Lipinski definition) is 3. The molecule has 0 spiro atoms. The van der Waals surface area contributed by atoms with Gasteiger partial charge in [-0.15, -0.1) is 0 Å². The normalized spacial score (nSPS) is 16.0. The number of rotatable bonds is 3. The Morgan fingerprint density at radius 2 is 1.90 bits per heavy atom. The van der Waals surface area contributed by atoms with Crippen molar-refractivity contribution in [2.24, 2.45) is 0 Å². The van der Waals surface area contributed by atoms with E-state index in [2.05, 4.69) is 15.3 Å². The molecule has 0 saturated heterocycles. The number of aryl methyl sites for hydroxylation is 1. The molecule has 8 heteroatoms. The van der Waals surface area contributed by atoms with E-state index < -0.39 is 11.2 Å². The van der Waals surface area contributed by atoms with E-state index in [0.29, 0.717) is 15.9 Å². The van der Waals surface area contributed by atoms with Gasteiger partial charge in [-0.1, -0.05) is 35.9 Å². The zero-order valence-electron chi connectivity index (χ0n) is 16.0. The maximum absolute atomic E-state index is 12.7. The Bertz CT molecular complexity index is 1420. The highest BCUT2D eigenvalue weighted by Gasteiger charge is 2.26. The predicted octanol–water partition coefficient (Wildman–Crippen LogP) is 3.02. The quantitative estimate of drug-likeness (QED) is 0.473. The number of carbonyl (C=O) groups is 1. The van der Waals surface area contributed by atoms with Crippen LogP contribution in [0.2, 0.25) is 5.02 Å². The van der Waals surface area contributed by atoms with Crippen molar-refractivity contribution in [1.82, 2.24) is 19.9 Å². The van der Waals surface area contributed by atoms with E-state index >= 15 is 0 Å². The Morgan fingerprint density at radius 3 is 2.77 bits per heavy atom. The van der Waals surface area contributed by atoms with Crippen molar-refractivity contribution in [2.75, 3.05) is 0 Å². The lowest BCUT2D eigenvalue weighted by molar-refractivity contribution is -0.122. The second-order valence-corrected chi connectivity index (χ2v) is 7.97. The number of carbonyl (C=O) groups excluding carboxylic acids is 1. The number of amides is 1. The molecule has 30 heavy (non-hydrogen) atoms. The molecule has 1 amide bonds. The summed E-state index contributed by atoms with van der Waals surface area (Å²) < 4.78 is 0.934. The molecule has 152 valence electrons. The summed E-state index contributed by atoms with van der Waals surface area (Å²) in [6.07, 6.45) is 2.60. The van der Waals surface area contributed by atoms with Gasteiger partial charge in [0.25, 0.3) is 5.56 Å². The van der Waals surface area contributed by atoms with Gasteiger partial charge in [0.05, 0.1) is 27.5 Å². The first-order valence-electron chi connectivity index (χ1n) is 9.83. The molecule has 3 N–H and O–H groups in total. The molecular weight excluding hydrogens is 404 g/mol. The highest BCUT2D eigenvalue weighted by molar-refractivity contribution is 6.35. The first kappa shape index (κ1) is 18.7. The number of halogens is 1. The van der Waals surface area contributed by atoms with Crippen molar-refractivity contribution in [3.63, 3.8) is 0 Å². The molecule has 0 radical (unpaired) electrons. The number of fused-ring (bicyclic) bond motifs is 4. The van der Waals surface area contributed by atoms with Gasteiger partial charge in [0.1, 0.15) is 6.54 Å². The van der Waals surface area contributed by atoms with Crippen LogP contribution in [0.1, 0.15) is 30.1 Å². The molecule has 0 fully saturated rings. The Hall–Kier alpha value is -3.32. The van der Waals surface area contributed by atoms with Crippen LogP contribution in [-0.4, -0.2) is 20.4 Å². The van der Waals surface area contributed by atoms with Gasteiger partial charge in [-0.2, -0.15) is 0 Å². The lowest BCUT2D eigenvalue weighted by Crippen LogP contribution is -2.41. The summed E-state index contributed by atoms with van der Waals surface area (Å²) in [6.45, 7) is -0.341. The van der Waals surface area contributed by atoms with Gasteiger partial charge in [0, 0.05) is 11.1 Å². The van der Waals surface area contributed by atoms with Crippen LogP contribution in [0, 0.1) is 0 Å². The molecule has 0 saturated carbocycles. The Labute approximate surface area is 175 Å². The van der Waals surface area contributed by atoms with Crippen LogP contribution in [0.4, 0.5) is 0 Å². The smallest absolute Gasteiger partial charge is 0.329 e. The Kier molecular flexibility index (Phi) is 4.47. The summed E-state index contributed by atoms with van der Waals surface area (Å²) in [6, 6.07) is 12.3. The molecule has 0 aliphatic heterocycles. The second-order valence-electron chi connectivity index (χ2n) is 7.56. The molecular formula is C22H19ClN4O3. The van der Waals surface area contributed by atoms with Crippen LogP contribution in [0.3, 0.4) is 0 Å². The van der Waals surface area contributed by atoms with Gasteiger partial charge in [-0.3, -0.25) is 14.2 Å². The van der Waals surface area contributed by atoms with Gasteiger partial charge in [0.15, 0.2) is 0 Å². The van der Waals surface area contributed by atoms with Crippen molar-refractivity contribution in [3.05, 3.63) is 79.6 Å². The molecule has 1 atom stereocenters. The summed E-state index contributed by atoms with van der Waals surface area (Å²) in [4.78, 5) is 43.8. The van der Waals surface area contributed by atoms with Gasteiger partial charge in [0.2, 0.25) is 5.91 Å². The number of H-pyrrole nitrogens is 2. The molecule has 2 aromatic carbocycles. The topological polar surface area (TPSA) is 99.8 Å². The van der Waals surface area contributed by atoms with Crippen LogP contribution in [0.5, 0.6) is 0 Å². The molecule has 4 aromatic rings. The minimum atomic E-state index is -0.601. The van der Waals surface area contributed by atoms with Gasteiger partial charge in [-0.25, -0.2) is 4.79 Å². The van der Waals surface area contributed by atoms with E-state index in [0.717, 1.165) is 46.0 Å². The molecule has 5 rings (SSSR count). The standard InChI is InChI=1S/C22H19ClN4O3/c23-15-8-3-6-12-13-7-4-10-17(20(13)26-19(12)15)24-18(28)11-27-21(29)14-5-1-2-9-16(14)25-22(27)30/h1-3,5-6,8-9,17,26H,4,7,10-11H2,(H,24,28)(H,25,30). The number of benzene rings is 2. The minimum absolute atomic E-state index is 0.222. The lowest BCUT2D eigenvalue weighted by Gasteiger charge is -2.24. The fourth-order valence-corrected chi connectivity index (χ4v) is 4.54. The summed E-state index contributed by atoms with van der Waals surface area (Å²) in [5.41, 5.74) is 2.34. The van der Waals surface area contributed by atoms with Crippen LogP contribution in [0.25, 0.3) is 21.8 Å². The minimum Gasteiger partial charge on any atom is -0.355 e. The number of nitrogens with one attached hydrogen (secondary N) is 3. The Morgan fingerprint density at radius 1 is 1.10 bits per heavy atom. The average Bonchev–Trinajstić information content (AvgIpc) is 3.12. The number of aromatic amines is 2. The number of hydrogen-bond acceptors (Lipinski definition) is 3. The largest absolute Gasteiger partial charge is 0.355 e. The first-order valence-corrected chi connectivity index (χ1v) is 10.2.